The second-order valence-electron chi connectivity index (χ2n) is 8.95. The van der Waals surface area contributed by atoms with Gasteiger partial charge in [0, 0.05) is 43.7 Å². The standard InChI is InChI=1S/C28H35FN4O2S/c1-2-3-4-6-27(34)30-15-5-16-33-26(21-36-28(33)31-24-11-9-23(29)10-12-24)22-7-13-25(14-8-22)32-17-19-35-20-18-32/h7-14,21H,2-6,15-20H2,1H3,(H,30,34)/b31-28-. The number of unbranched alkanes of at least 4 members (excludes halogenated alkanes) is 2. The number of nitrogens with zero attached hydrogens (tertiary/aromatic N) is 3. The molecule has 0 unspecified atom stereocenters. The predicted octanol–water partition coefficient (Wildman–Crippen LogP) is 5.51. The van der Waals surface area contributed by atoms with Gasteiger partial charge in [-0.15, -0.1) is 11.3 Å². The number of halogens is 1. The van der Waals surface area contributed by atoms with Crippen LogP contribution in [0.5, 0.6) is 0 Å². The molecule has 192 valence electrons. The zero-order valence-corrected chi connectivity index (χ0v) is 21.7. The number of rotatable bonds is 11. The van der Waals surface area contributed by atoms with Crippen LogP contribution in [0.4, 0.5) is 15.8 Å². The van der Waals surface area contributed by atoms with Crippen molar-refractivity contribution in [3.63, 3.8) is 0 Å². The predicted molar refractivity (Wildman–Crippen MR) is 144 cm³/mol. The molecule has 1 amide bonds. The van der Waals surface area contributed by atoms with E-state index in [4.69, 9.17) is 9.73 Å². The van der Waals surface area contributed by atoms with Gasteiger partial charge in [0.15, 0.2) is 4.80 Å². The molecule has 0 radical (unpaired) electrons. The van der Waals surface area contributed by atoms with E-state index >= 15 is 0 Å². The first kappa shape index (κ1) is 26.1. The summed E-state index contributed by atoms with van der Waals surface area (Å²) in [6, 6.07) is 14.9. The zero-order valence-electron chi connectivity index (χ0n) is 20.9. The maximum atomic E-state index is 13.4. The Morgan fingerprint density at radius 3 is 2.53 bits per heavy atom. The normalized spacial score (nSPS) is 14.3. The van der Waals surface area contributed by atoms with E-state index in [1.165, 1.54) is 17.8 Å². The second-order valence-corrected chi connectivity index (χ2v) is 9.79. The summed E-state index contributed by atoms with van der Waals surface area (Å²) in [5.74, 6) is -0.155. The largest absolute Gasteiger partial charge is 0.378 e. The molecule has 3 aromatic rings. The number of amides is 1. The van der Waals surface area contributed by atoms with Gasteiger partial charge >= 0.3 is 0 Å². The van der Waals surface area contributed by atoms with Gasteiger partial charge in [-0.25, -0.2) is 9.38 Å². The Hall–Kier alpha value is -2.97. The fourth-order valence-corrected chi connectivity index (χ4v) is 5.20. The van der Waals surface area contributed by atoms with Crippen molar-refractivity contribution in [1.29, 1.82) is 0 Å². The Balaban J connectivity index is 1.51. The fourth-order valence-electron chi connectivity index (χ4n) is 4.25. The average Bonchev–Trinajstić information content (AvgIpc) is 3.31. The Labute approximate surface area is 216 Å². The van der Waals surface area contributed by atoms with Crippen LogP contribution in [0, 0.1) is 5.82 Å². The van der Waals surface area contributed by atoms with E-state index in [1.54, 1.807) is 23.5 Å². The van der Waals surface area contributed by atoms with Gasteiger partial charge < -0.3 is 19.5 Å². The smallest absolute Gasteiger partial charge is 0.219 e. The SMILES string of the molecule is CCCCCC(=O)NCCCn1c(-c2ccc(N3CCOCC3)cc2)cs/c1=N\c1ccc(F)cc1. The lowest BCUT2D eigenvalue weighted by atomic mass is 10.1. The van der Waals surface area contributed by atoms with Gasteiger partial charge in [0.25, 0.3) is 0 Å². The van der Waals surface area contributed by atoms with Crippen molar-refractivity contribution in [2.45, 2.75) is 45.6 Å². The minimum atomic E-state index is -0.274. The van der Waals surface area contributed by atoms with E-state index in [2.05, 4.69) is 51.4 Å². The molecule has 2 aromatic carbocycles. The van der Waals surface area contributed by atoms with Crippen LogP contribution in [-0.2, 0) is 16.1 Å². The number of benzene rings is 2. The fraction of sp³-hybridized carbons (Fsp3) is 0.429. The van der Waals surface area contributed by atoms with Crippen molar-refractivity contribution in [3.8, 4) is 11.3 Å². The summed E-state index contributed by atoms with van der Waals surface area (Å²) in [6.07, 6.45) is 4.52. The summed E-state index contributed by atoms with van der Waals surface area (Å²) in [6.45, 7) is 6.81. The molecule has 0 aliphatic carbocycles. The highest BCUT2D eigenvalue weighted by molar-refractivity contribution is 7.07. The highest BCUT2D eigenvalue weighted by atomic mass is 32.1. The van der Waals surface area contributed by atoms with Crippen LogP contribution in [-0.4, -0.2) is 43.3 Å². The van der Waals surface area contributed by atoms with Crippen molar-refractivity contribution in [2.24, 2.45) is 4.99 Å². The molecule has 1 saturated heterocycles. The molecule has 0 saturated carbocycles. The number of anilines is 1. The third-order valence-corrected chi connectivity index (χ3v) is 7.14. The molecule has 2 heterocycles. The van der Waals surface area contributed by atoms with Gasteiger partial charge in [-0.1, -0.05) is 31.9 Å². The van der Waals surface area contributed by atoms with E-state index in [0.29, 0.717) is 18.7 Å². The van der Waals surface area contributed by atoms with Crippen LogP contribution in [0.25, 0.3) is 11.3 Å². The molecule has 1 aromatic heterocycles. The number of ether oxygens (including phenoxy) is 1. The van der Waals surface area contributed by atoms with E-state index in [1.807, 2.05) is 0 Å². The molecule has 36 heavy (non-hydrogen) atoms. The highest BCUT2D eigenvalue weighted by Gasteiger charge is 2.13. The number of carbonyl (C=O) groups excluding carboxylic acids is 1. The van der Waals surface area contributed by atoms with Crippen LogP contribution < -0.4 is 15.0 Å². The van der Waals surface area contributed by atoms with Gasteiger partial charge in [-0.2, -0.15) is 0 Å². The number of hydrogen-bond donors (Lipinski definition) is 1. The maximum Gasteiger partial charge on any atom is 0.219 e. The summed E-state index contributed by atoms with van der Waals surface area (Å²) in [7, 11) is 0. The topological polar surface area (TPSA) is 58.9 Å². The second kappa shape index (κ2) is 13.4. The number of thiazole rings is 1. The molecule has 0 bridgehead atoms. The van der Waals surface area contributed by atoms with E-state index in [0.717, 1.165) is 74.6 Å². The number of morpholine rings is 1. The summed E-state index contributed by atoms with van der Waals surface area (Å²) < 4.78 is 21.0. The van der Waals surface area contributed by atoms with Gasteiger partial charge in [0.1, 0.15) is 5.82 Å². The van der Waals surface area contributed by atoms with E-state index in [-0.39, 0.29) is 11.7 Å². The summed E-state index contributed by atoms with van der Waals surface area (Å²) in [5, 5.41) is 5.17. The Morgan fingerprint density at radius 1 is 1.06 bits per heavy atom. The first-order valence-corrected chi connectivity index (χ1v) is 13.7. The lowest BCUT2D eigenvalue weighted by Crippen LogP contribution is -2.36. The maximum absolute atomic E-state index is 13.4. The van der Waals surface area contributed by atoms with Gasteiger partial charge in [0.2, 0.25) is 5.91 Å². The summed E-state index contributed by atoms with van der Waals surface area (Å²) in [4.78, 5) is 20.1. The minimum absolute atomic E-state index is 0.119. The molecule has 1 fully saturated rings. The van der Waals surface area contributed by atoms with Crippen molar-refractivity contribution < 1.29 is 13.9 Å². The molecule has 0 atom stereocenters. The Kier molecular flexibility index (Phi) is 9.69. The third-order valence-electron chi connectivity index (χ3n) is 6.28. The average molecular weight is 511 g/mol. The highest BCUT2D eigenvalue weighted by Crippen LogP contribution is 2.25. The van der Waals surface area contributed by atoms with Crippen molar-refractivity contribution in [2.75, 3.05) is 37.7 Å². The summed E-state index contributed by atoms with van der Waals surface area (Å²) >= 11 is 1.57. The molecule has 0 spiro atoms. The molecule has 1 aliphatic rings. The van der Waals surface area contributed by atoms with Crippen LogP contribution >= 0.6 is 11.3 Å². The van der Waals surface area contributed by atoms with Crippen molar-refractivity contribution in [3.05, 3.63) is 64.5 Å². The first-order chi connectivity index (χ1) is 17.6. The van der Waals surface area contributed by atoms with E-state index < -0.39 is 0 Å². The molecule has 1 aliphatic heterocycles. The zero-order chi connectivity index (χ0) is 25.2. The van der Waals surface area contributed by atoms with Crippen molar-refractivity contribution >= 4 is 28.6 Å². The number of aromatic nitrogens is 1. The van der Waals surface area contributed by atoms with Gasteiger partial charge in [0.05, 0.1) is 24.6 Å². The molecular weight excluding hydrogens is 475 g/mol. The van der Waals surface area contributed by atoms with Gasteiger partial charge in [-0.3, -0.25) is 4.79 Å². The molecule has 1 N–H and O–H groups in total. The van der Waals surface area contributed by atoms with Crippen LogP contribution in [0.3, 0.4) is 0 Å². The lowest BCUT2D eigenvalue weighted by Gasteiger charge is -2.28. The number of nitrogens with one attached hydrogen (secondary N) is 1. The van der Waals surface area contributed by atoms with Crippen LogP contribution in [0.15, 0.2) is 58.9 Å². The monoisotopic (exact) mass is 510 g/mol. The first-order valence-electron chi connectivity index (χ1n) is 12.8. The number of hydrogen-bond acceptors (Lipinski definition) is 5. The number of carbonyl (C=O) groups is 1. The Morgan fingerprint density at radius 2 is 1.81 bits per heavy atom. The Bertz CT molecular complexity index is 1170. The summed E-state index contributed by atoms with van der Waals surface area (Å²) in [5.41, 5.74) is 4.12. The molecule has 8 heteroatoms. The van der Waals surface area contributed by atoms with Crippen molar-refractivity contribution in [1.82, 2.24) is 9.88 Å². The minimum Gasteiger partial charge on any atom is -0.378 e. The van der Waals surface area contributed by atoms with E-state index in [9.17, 15) is 9.18 Å². The quantitative estimate of drug-likeness (QED) is 0.346. The molecule has 4 rings (SSSR count). The third kappa shape index (κ3) is 7.27. The lowest BCUT2D eigenvalue weighted by molar-refractivity contribution is -0.121. The molecular formula is C28H35FN4O2S. The van der Waals surface area contributed by atoms with Gasteiger partial charge in [-0.05, 0) is 54.8 Å². The molecule has 6 nitrogen and oxygen atoms in total. The van der Waals surface area contributed by atoms with Crippen LogP contribution in [0.2, 0.25) is 0 Å². The van der Waals surface area contributed by atoms with Crippen LogP contribution in [0.1, 0.15) is 39.0 Å².